The number of hydrogen-bond acceptors (Lipinski definition) is 2. The molecule has 0 spiro atoms. The predicted octanol–water partition coefficient (Wildman–Crippen LogP) is 2.33. The van der Waals surface area contributed by atoms with Gasteiger partial charge < -0.3 is 10.6 Å². The molecule has 4 heteroatoms. The fraction of sp³-hybridized carbons (Fsp3) is 0.500. The van der Waals surface area contributed by atoms with Gasteiger partial charge in [0, 0.05) is 7.05 Å². The second-order valence-electron chi connectivity index (χ2n) is 4.95. The molecule has 1 unspecified atom stereocenters. The SMILES string of the molecule is CC(C)C(N)C(=O)N(C)[C@@H](C)c1ccc(F)cc1. The lowest BCUT2D eigenvalue weighted by Gasteiger charge is -2.29. The van der Waals surface area contributed by atoms with E-state index in [-0.39, 0.29) is 23.7 Å². The third-order valence-corrected chi connectivity index (χ3v) is 3.28. The summed E-state index contributed by atoms with van der Waals surface area (Å²) in [5, 5.41) is 0. The molecule has 1 aromatic rings. The molecule has 2 atom stereocenters. The van der Waals surface area contributed by atoms with Gasteiger partial charge in [-0.25, -0.2) is 4.39 Å². The highest BCUT2D eigenvalue weighted by molar-refractivity contribution is 5.82. The van der Waals surface area contributed by atoms with E-state index in [2.05, 4.69) is 0 Å². The Balaban J connectivity index is 2.80. The highest BCUT2D eigenvalue weighted by atomic mass is 19.1. The molecule has 0 radical (unpaired) electrons. The number of halogens is 1. The molecule has 0 heterocycles. The number of amides is 1. The third kappa shape index (κ3) is 3.29. The van der Waals surface area contributed by atoms with Crippen LogP contribution in [0.25, 0.3) is 0 Å². The van der Waals surface area contributed by atoms with Crippen LogP contribution in [0.4, 0.5) is 4.39 Å². The van der Waals surface area contributed by atoms with Gasteiger partial charge in [0.15, 0.2) is 0 Å². The lowest BCUT2D eigenvalue weighted by Crippen LogP contribution is -2.45. The molecule has 0 aliphatic carbocycles. The average molecular weight is 252 g/mol. The molecular formula is C14H21FN2O. The van der Waals surface area contributed by atoms with Crippen LogP contribution in [0.15, 0.2) is 24.3 Å². The fourth-order valence-corrected chi connectivity index (χ4v) is 1.68. The van der Waals surface area contributed by atoms with Crippen molar-refractivity contribution in [3.05, 3.63) is 35.6 Å². The minimum absolute atomic E-state index is 0.0955. The van der Waals surface area contributed by atoms with E-state index in [0.717, 1.165) is 5.56 Å². The summed E-state index contributed by atoms with van der Waals surface area (Å²) in [6.45, 7) is 5.73. The summed E-state index contributed by atoms with van der Waals surface area (Å²) in [4.78, 5) is 13.7. The minimum atomic E-state index is -0.502. The van der Waals surface area contributed by atoms with Crippen molar-refractivity contribution >= 4 is 5.91 Å². The quantitative estimate of drug-likeness (QED) is 0.894. The molecule has 0 saturated carbocycles. The summed E-state index contributed by atoms with van der Waals surface area (Å²) < 4.78 is 12.8. The molecule has 18 heavy (non-hydrogen) atoms. The zero-order valence-electron chi connectivity index (χ0n) is 11.4. The molecule has 1 amide bonds. The van der Waals surface area contributed by atoms with Crippen molar-refractivity contribution in [2.45, 2.75) is 32.9 Å². The maximum absolute atomic E-state index is 12.8. The topological polar surface area (TPSA) is 46.3 Å². The van der Waals surface area contributed by atoms with Crippen LogP contribution in [0.3, 0.4) is 0 Å². The molecule has 0 fully saturated rings. The normalized spacial score (nSPS) is 14.4. The molecule has 0 bridgehead atoms. The number of likely N-dealkylation sites (N-methyl/N-ethyl adjacent to an activating group) is 1. The van der Waals surface area contributed by atoms with Gasteiger partial charge in [-0.05, 0) is 30.5 Å². The van der Waals surface area contributed by atoms with Crippen LogP contribution >= 0.6 is 0 Å². The molecule has 0 saturated heterocycles. The van der Waals surface area contributed by atoms with E-state index < -0.39 is 6.04 Å². The number of carbonyl (C=O) groups excluding carboxylic acids is 1. The smallest absolute Gasteiger partial charge is 0.239 e. The van der Waals surface area contributed by atoms with Crippen molar-refractivity contribution in [2.75, 3.05) is 7.05 Å². The second-order valence-corrected chi connectivity index (χ2v) is 4.95. The van der Waals surface area contributed by atoms with E-state index >= 15 is 0 Å². The first kappa shape index (κ1) is 14.6. The lowest BCUT2D eigenvalue weighted by molar-refractivity contribution is -0.134. The van der Waals surface area contributed by atoms with Gasteiger partial charge in [-0.15, -0.1) is 0 Å². The van der Waals surface area contributed by atoms with E-state index in [4.69, 9.17) is 5.73 Å². The van der Waals surface area contributed by atoms with Crippen LogP contribution in [-0.2, 0) is 4.79 Å². The monoisotopic (exact) mass is 252 g/mol. The number of nitrogens with two attached hydrogens (primary N) is 1. The van der Waals surface area contributed by atoms with Gasteiger partial charge in [0.1, 0.15) is 5.82 Å². The van der Waals surface area contributed by atoms with Crippen molar-refractivity contribution in [3.63, 3.8) is 0 Å². The maximum Gasteiger partial charge on any atom is 0.239 e. The van der Waals surface area contributed by atoms with Gasteiger partial charge in [0.2, 0.25) is 5.91 Å². The van der Waals surface area contributed by atoms with Crippen LogP contribution in [-0.4, -0.2) is 23.9 Å². The Labute approximate surface area is 108 Å². The van der Waals surface area contributed by atoms with Gasteiger partial charge in [-0.3, -0.25) is 4.79 Å². The Morgan fingerprint density at radius 2 is 1.72 bits per heavy atom. The predicted molar refractivity (Wildman–Crippen MR) is 70.4 cm³/mol. The van der Waals surface area contributed by atoms with Crippen LogP contribution in [0, 0.1) is 11.7 Å². The summed E-state index contributed by atoms with van der Waals surface area (Å²) in [5.41, 5.74) is 6.74. The average Bonchev–Trinajstić information content (AvgIpc) is 2.36. The van der Waals surface area contributed by atoms with Crippen molar-refractivity contribution in [3.8, 4) is 0 Å². The molecule has 0 aliphatic rings. The molecule has 2 N–H and O–H groups in total. The molecule has 0 aromatic heterocycles. The molecule has 1 rings (SSSR count). The first-order chi connectivity index (χ1) is 8.34. The Bertz CT molecular complexity index is 403. The summed E-state index contributed by atoms with van der Waals surface area (Å²) in [6.07, 6.45) is 0. The maximum atomic E-state index is 12.8. The largest absolute Gasteiger partial charge is 0.338 e. The van der Waals surface area contributed by atoms with Crippen molar-refractivity contribution in [1.29, 1.82) is 0 Å². The molecule has 100 valence electrons. The van der Waals surface area contributed by atoms with Crippen molar-refractivity contribution in [1.82, 2.24) is 4.90 Å². The molecule has 0 aliphatic heterocycles. The van der Waals surface area contributed by atoms with E-state index in [1.807, 2.05) is 20.8 Å². The molecular weight excluding hydrogens is 231 g/mol. The third-order valence-electron chi connectivity index (χ3n) is 3.28. The Morgan fingerprint density at radius 1 is 1.22 bits per heavy atom. The zero-order chi connectivity index (χ0) is 13.9. The lowest BCUT2D eigenvalue weighted by atomic mass is 10.0. The summed E-state index contributed by atoms with van der Waals surface area (Å²) >= 11 is 0. The fourth-order valence-electron chi connectivity index (χ4n) is 1.68. The van der Waals surface area contributed by atoms with E-state index in [1.54, 1.807) is 24.1 Å². The minimum Gasteiger partial charge on any atom is -0.338 e. The van der Waals surface area contributed by atoms with Crippen molar-refractivity contribution in [2.24, 2.45) is 11.7 Å². The first-order valence-corrected chi connectivity index (χ1v) is 6.12. The highest BCUT2D eigenvalue weighted by Gasteiger charge is 2.24. The van der Waals surface area contributed by atoms with Gasteiger partial charge in [-0.1, -0.05) is 26.0 Å². The Morgan fingerprint density at radius 3 is 2.17 bits per heavy atom. The first-order valence-electron chi connectivity index (χ1n) is 6.12. The van der Waals surface area contributed by atoms with Crippen LogP contribution < -0.4 is 5.73 Å². The number of rotatable bonds is 4. The van der Waals surface area contributed by atoms with E-state index in [0.29, 0.717) is 0 Å². The van der Waals surface area contributed by atoms with E-state index in [9.17, 15) is 9.18 Å². The van der Waals surface area contributed by atoms with Gasteiger partial charge in [0.25, 0.3) is 0 Å². The van der Waals surface area contributed by atoms with E-state index in [1.165, 1.54) is 12.1 Å². The second kappa shape index (κ2) is 5.96. The standard InChI is InChI=1S/C14H21FN2O/c1-9(2)13(16)14(18)17(4)10(3)11-5-7-12(15)8-6-11/h5-10,13H,16H2,1-4H3/t10-,13?/m0/s1. The number of benzene rings is 1. The Hall–Kier alpha value is -1.42. The summed E-state index contributed by atoms with van der Waals surface area (Å²) in [5.74, 6) is -0.277. The van der Waals surface area contributed by atoms with Crippen LogP contribution in [0.5, 0.6) is 0 Å². The van der Waals surface area contributed by atoms with Gasteiger partial charge in [-0.2, -0.15) is 0 Å². The van der Waals surface area contributed by atoms with Crippen LogP contribution in [0.2, 0.25) is 0 Å². The zero-order valence-corrected chi connectivity index (χ0v) is 11.4. The summed E-state index contributed by atoms with van der Waals surface area (Å²) in [6, 6.07) is 5.54. The number of carbonyl (C=O) groups is 1. The van der Waals surface area contributed by atoms with Crippen molar-refractivity contribution < 1.29 is 9.18 Å². The molecule has 3 nitrogen and oxygen atoms in total. The number of nitrogens with zero attached hydrogens (tertiary/aromatic N) is 1. The number of hydrogen-bond donors (Lipinski definition) is 1. The van der Waals surface area contributed by atoms with Gasteiger partial charge >= 0.3 is 0 Å². The molecule has 1 aromatic carbocycles. The summed E-state index contributed by atoms with van der Waals surface area (Å²) in [7, 11) is 1.72. The van der Waals surface area contributed by atoms with Gasteiger partial charge in [0.05, 0.1) is 12.1 Å². The Kier molecular flexibility index (Phi) is 4.84. The van der Waals surface area contributed by atoms with Crippen LogP contribution in [0.1, 0.15) is 32.4 Å². The highest BCUT2D eigenvalue weighted by Crippen LogP contribution is 2.20.